The summed E-state index contributed by atoms with van der Waals surface area (Å²) in [5.74, 6) is -0.504. The van der Waals surface area contributed by atoms with Gasteiger partial charge in [0.05, 0.1) is 29.5 Å². The highest BCUT2D eigenvalue weighted by atomic mass is 19.1. The maximum absolute atomic E-state index is 13.6. The Morgan fingerprint density at radius 1 is 1.23 bits per heavy atom. The Labute approximate surface area is 233 Å². The first-order chi connectivity index (χ1) is 19.4. The fourth-order valence-corrected chi connectivity index (χ4v) is 4.86. The molecule has 1 aliphatic rings. The van der Waals surface area contributed by atoms with Crippen molar-refractivity contribution in [1.82, 2.24) is 15.2 Å². The van der Waals surface area contributed by atoms with Gasteiger partial charge in [-0.05, 0) is 55.2 Å². The Morgan fingerprint density at radius 2 is 2.05 bits per heavy atom. The van der Waals surface area contributed by atoms with Crippen molar-refractivity contribution in [1.29, 1.82) is 5.26 Å². The molecule has 2 aromatic carbocycles. The van der Waals surface area contributed by atoms with Gasteiger partial charge in [-0.15, -0.1) is 0 Å². The summed E-state index contributed by atoms with van der Waals surface area (Å²) in [6, 6.07) is 18.1. The molecular weight excluding hydrogens is 511 g/mol. The van der Waals surface area contributed by atoms with Gasteiger partial charge in [0, 0.05) is 38.3 Å². The topological polar surface area (TPSA) is 133 Å². The third-order valence-corrected chi connectivity index (χ3v) is 6.88. The number of nitrogens with two attached hydrogens (primary N) is 1. The molecule has 208 valence electrons. The largest absolute Gasteiger partial charge is 0.383 e. The SMILES string of the molecule is COC[C@H](N)C(=O)N1CCC[C@@H]1CNC(=O)c1ccc(-c2ccccc2C#N)nc1NCCc1cccc(F)c1. The van der Waals surface area contributed by atoms with Crippen LogP contribution in [-0.4, -0.2) is 67.1 Å². The fourth-order valence-electron chi connectivity index (χ4n) is 4.86. The summed E-state index contributed by atoms with van der Waals surface area (Å²) in [7, 11) is 1.50. The second-order valence-corrected chi connectivity index (χ2v) is 9.66. The van der Waals surface area contributed by atoms with Crippen LogP contribution in [0.5, 0.6) is 0 Å². The number of anilines is 1. The minimum Gasteiger partial charge on any atom is -0.383 e. The number of nitrogens with one attached hydrogen (secondary N) is 2. The van der Waals surface area contributed by atoms with Crippen LogP contribution in [0.25, 0.3) is 11.3 Å². The van der Waals surface area contributed by atoms with Crippen LogP contribution in [0.2, 0.25) is 0 Å². The van der Waals surface area contributed by atoms with E-state index in [0.717, 1.165) is 18.4 Å². The number of amides is 2. The normalized spacial score (nSPS) is 15.3. The van der Waals surface area contributed by atoms with E-state index in [4.69, 9.17) is 15.5 Å². The number of ether oxygens (including phenoxy) is 1. The highest BCUT2D eigenvalue weighted by Crippen LogP contribution is 2.25. The molecule has 0 radical (unpaired) electrons. The minimum atomic E-state index is -0.747. The van der Waals surface area contributed by atoms with Crippen LogP contribution < -0.4 is 16.4 Å². The zero-order chi connectivity index (χ0) is 28.5. The van der Waals surface area contributed by atoms with Gasteiger partial charge in [0.25, 0.3) is 5.91 Å². The number of hydrogen-bond acceptors (Lipinski definition) is 7. The lowest BCUT2D eigenvalue weighted by Crippen LogP contribution is -2.50. The van der Waals surface area contributed by atoms with Crippen molar-refractivity contribution in [3.05, 3.63) is 83.2 Å². The van der Waals surface area contributed by atoms with E-state index in [1.54, 1.807) is 41.3 Å². The van der Waals surface area contributed by atoms with Crippen LogP contribution >= 0.6 is 0 Å². The first-order valence-corrected chi connectivity index (χ1v) is 13.2. The van der Waals surface area contributed by atoms with Crippen LogP contribution in [0.4, 0.5) is 10.2 Å². The molecule has 3 aromatic rings. The molecule has 2 heterocycles. The number of hydrogen-bond donors (Lipinski definition) is 3. The molecule has 0 spiro atoms. The molecule has 0 unspecified atom stereocenters. The van der Waals surface area contributed by atoms with Crippen molar-refractivity contribution >= 4 is 17.6 Å². The zero-order valence-electron chi connectivity index (χ0n) is 22.4. The Morgan fingerprint density at radius 3 is 2.83 bits per heavy atom. The lowest BCUT2D eigenvalue weighted by Gasteiger charge is -2.27. The molecule has 1 saturated heterocycles. The number of carbonyl (C=O) groups is 2. The summed E-state index contributed by atoms with van der Waals surface area (Å²) in [6.45, 7) is 1.39. The van der Waals surface area contributed by atoms with Crippen LogP contribution in [0.3, 0.4) is 0 Å². The number of halogens is 1. The monoisotopic (exact) mass is 544 g/mol. The van der Waals surface area contributed by atoms with E-state index >= 15 is 0 Å². The van der Waals surface area contributed by atoms with E-state index in [1.807, 2.05) is 12.1 Å². The molecule has 4 N–H and O–H groups in total. The van der Waals surface area contributed by atoms with E-state index in [0.29, 0.717) is 47.7 Å². The summed E-state index contributed by atoms with van der Waals surface area (Å²) < 4.78 is 18.6. The Bertz CT molecular complexity index is 1390. The molecule has 40 heavy (non-hydrogen) atoms. The summed E-state index contributed by atoms with van der Waals surface area (Å²) in [5, 5.41) is 15.7. The number of nitrogens with zero attached hydrogens (tertiary/aromatic N) is 3. The van der Waals surface area contributed by atoms with Gasteiger partial charge in [-0.2, -0.15) is 5.26 Å². The maximum Gasteiger partial charge on any atom is 0.255 e. The van der Waals surface area contributed by atoms with E-state index in [1.165, 1.54) is 19.2 Å². The Balaban J connectivity index is 1.52. The molecule has 2 atom stereocenters. The third-order valence-electron chi connectivity index (χ3n) is 6.88. The van der Waals surface area contributed by atoms with Crippen molar-refractivity contribution in [3.8, 4) is 17.3 Å². The molecule has 10 heteroatoms. The molecule has 1 aliphatic heterocycles. The molecule has 1 aromatic heterocycles. The standard InChI is InChI=1S/C30H33FN6O3/c1-40-19-26(33)30(39)37-15-5-9-23(37)18-35-29(38)25-11-12-27(24-10-3-2-7-21(24)17-32)36-28(25)34-14-13-20-6-4-8-22(31)16-20/h2-4,6-8,10-12,16,23,26H,5,9,13-15,18-19,33H2,1H3,(H,34,36)(H,35,38)/t23-,26+/m1/s1. The second-order valence-electron chi connectivity index (χ2n) is 9.66. The maximum atomic E-state index is 13.6. The number of nitriles is 1. The smallest absolute Gasteiger partial charge is 0.255 e. The quantitative estimate of drug-likeness (QED) is 0.338. The minimum absolute atomic E-state index is 0.131. The fraction of sp³-hybridized carbons (Fsp3) is 0.333. The summed E-state index contributed by atoms with van der Waals surface area (Å²) in [4.78, 5) is 32.5. The third kappa shape index (κ3) is 7.00. The van der Waals surface area contributed by atoms with E-state index in [9.17, 15) is 19.2 Å². The molecule has 2 amide bonds. The van der Waals surface area contributed by atoms with Crippen LogP contribution in [0.15, 0.2) is 60.7 Å². The van der Waals surface area contributed by atoms with Crippen molar-refractivity contribution in [2.45, 2.75) is 31.3 Å². The molecule has 4 rings (SSSR count). The number of methoxy groups -OCH3 is 1. The Kier molecular flexibility index (Phi) is 9.78. The van der Waals surface area contributed by atoms with Gasteiger partial charge in [0.2, 0.25) is 5.91 Å². The summed E-state index contributed by atoms with van der Waals surface area (Å²) >= 11 is 0. The number of aromatic nitrogens is 1. The van der Waals surface area contributed by atoms with Crippen LogP contribution in [0.1, 0.15) is 34.3 Å². The molecule has 0 saturated carbocycles. The van der Waals surface area contributed by atoms with Crippen LogP contribution in [-0.2, 0) is 16.0 Å². The van der Waals surface area contributed by atoms with Gasteiger partial charge in [-0.25, -0.2) is 9.37 Å². The van der Waals surface area contributed by atoms with Crippen molar-refractivity contribution in [2.75, 3.05) is 38.7 Å². The molecular formula is C30H33FN6O3. The van der Waals surface area contributed by atoms with Gasteiger partial charge in [0.1, 0.15) is 17.7 Å². The predicted octanol–water partition coefficient (Wildman–Crippen LogP) is 3.11. The zero-order valence-corrected chi connectivity index (χ0v) is 22.4. The summed E-state index contributed by atoms with van der Waals surface area (Å²) in [6.07, 6.45) is 2.10. The van der Waals surface area contributed by atoms with Crippen molar-refractivity contribution in [3.63, 3.8) is 0 Å². The average Bonchev–Trinajstić information content (AvgIpc) is 3.44. The van der Waals surface area contributed by atoms with Crippen molar-refractivity contribution in [2.24, 2.45) is 5.73 Å². The summed E-state index contributed by atoms with van der Waals surface area (Å²) in [5.41, 5.74) is 8.75. The number of pyridine rings is 1. The molecule has 0 bridgehead atoms. The number of carbonyl (C=O) groups excluding carboxylic acids is 2. The van der Waals surface area contributed by atoms with E-state index in [-0.39, 0.29) is 36.8 Å². The lowest BCUT2D eigenvalue weighted by molar-refractivity contribution is -0.134. The van der Waals surface area contributed by atoms with E-state index in [2.05, 4.69) is 16.7 Å². The average molecular weight is 545 g/mol. The van der Waals surface area contributed by atoms with E-state index < -0.39 is 6.04 Å². The lowest BCUT2D eigenvalue weighted by atomic mass is 10.0. The van der Waals surface area contributed by atoms with Gasteiger partial charge < -0.3 is 26.0 Å². The van der Waals surface area contributed by atoms with Gasteiger partial charge in [0.15, 0.2) is 0 Å². The first-order valence-electron chi connectivity index (χ1n) is 13.2. The molecule has 1 fully saturated rings. The van der Waals surface area contributed by atoms with Crippen molar-refractivity contribution < 1.29 is 18.7 Å². The number of benzene rings is 2. The second kappa shape index (κ2) is 13.6. The highest BCUT2D eigenvalue weighted by Gasteiger charge is 2.32. The molecule has 9 nitrogen and oxygen atoms in total. The van der Waals surface area contributed by atoms with Crippen LogP contribution in [0, 0.1) is 17.1 Å². The van der Waals surface area contributed by atoms with Gasteiger partial charge in [-0.1, -0.05) is 30.3 Å². The van der Waals surface area contributed by atoms with Gasteiger partial charge in [-0.3, -0.25) is 9.59 Å². The first kappa shape index (κ1) is 28.7. The number of likely N-dealkylation sites (tertiary alicyclic amines) is 1. The number of rotatable bonds is 11. The van der Waals surface area contributed by atoms with Gasteiger partial charge >= 0.3 is 0 Å². The predicted molar refractivity (Wildman–Crippen MR) is 150 cm³/mol. The highest BCUT2D eigenvalue weighted by molar-refractivity contribution is 5.99. The molecule has 0 aliphatic carbocycles. The Hall–Kier alpha value is -4.33.